The van der Waals surface area contributed by atoms with Crippen LogP contribution in [0, 0.1) is 6.92 Å². The number of hydrogen-bond donors (Lipinski definition) is 2. The average Bonchev–Trinajstić information content (AvgIpc) is 2.59. The minimum absolute atomic E-state index is 0.249. The summed E-state index contributed by atoms with van der Waals surface area (Å²) >= 11 is 0. The van der Waals surface area contributed by atoms with Crippen molar-refractivity contribution < 1.29 is 0 Å². The first-order chi connectivity index (χ1) is 12.2. The molecule has 0 bridgehead atoms. The number of aryl methyl sites for hydroxylation is 1. The molecule has 0 aliphatic heterocycles. The van der Waals surface area contributed by atoms with Crippen molar-refractivity contribution >= 4 is 5.96 Å². The highest BCUT2D eigenvalue weighted by Gasteiger charge is 2.38. The third kappa shape index (κ3) is 4.38. The van der Waals surface area contributed by atoms with Crippen molar-refractivity contribution in [3.8, 4) is 0 Å². The lowest BCUT2D eigenvalue weighted by Crippen LogP contribution is -2.48. The van der Waals surface area contributed by atoms with E-state index < -0.39 is 0 Å². The number of pyridine rings is 1. The van der Waals surface area contributed by atoms with Crippen LogP contribution in [-0.4, -0.2) is 24.0 Å². The molecule has 1 heterocycles. The Hall–Kier alpha value is -2.36. The summed E-state index contributed by atoms with van der Waals surface area (Å²) in [6.07, 6.45) is 3.78. The Bertz CT molecular complexity index is 705. The lowest BCUT2D eigenvalue weighted by atomic mass is 9.64. The van der Waals surface area contributed by atoms with Crippen molar-refractivity contribution in [2.24, 2.45) is 4.99 Å². The van der Waals surface area contributed by atoms with Crippen LogP contribution in [0.5, 0.6) is 0 Å². The van der Waals surface area contributed by atoms with E-state index in [0.29, 0.717) is 6.54 Å². The first-order valence-electron chi connectivity index (χ1n) is 9.22. The summed E-state index contributed by atoms with van der Waals surface area (Å²) in [4.78, 5) is 9.24. The van der Waals surface area contributed by atoms with Crippen LogP contribution in [0.2, 0.25) is 0 Å². The number of rotatable bonds is 6. The van der Waals surface area contributed by atoms with Gasteiger partial charge in [0.15, 0.2) is 5.96 Å². The van der Waals surface area contributed by atoms with Gasteiger partial charge in [-0.25, -0.2) is 4.99 Å². The third-order valence-corrected chi connectivity index (χ3v) is 4.98. The van der Waals surface area contributed by atoms with Gasteiger partial charge in [0.2, 0.25) is 0 Å². The van der Waals surface area contributed by atoms with E-state index in [1.807, 2.05) is 25.1 Å². The number of nitrogens with one attached hydrogen (secondary N) is 2. The molecule has 2 aromatic rings. The zero-order valence-corrected chi connectivity index (χ0v) is 15.3. The molecule has 25 heavy (non-hydrogen) atoms. The molecular weight excluding hydrogens is 308 g/mol. The number of nitrogens with zero attached hydrogens (tertiary/aromatic N) is 2. The fourth-order valence-corrected chi connectivity index (χ4v) is 3.41. The van der Waals surface area contributed by atoms with Gasteiger partial charge in [-0.05, 0) is 44.4 Å². The molecule has 0 unspecified atom stereocenters. The smallest absolute Gasteiger partial charge is 0.191 e. The Morgan fingerprint density at radius 2 is 1.88 bits per heavy atom. The van der Waals surface area contributed by atoms with Crippen LogP contribution in [0.4, 0.5) is 0 Å². The van der Waals surface area contributed by atoms with Crippen LogP contribution in [0.1, 0.15) is 43.1 Å². The maximum Gasteiger partial charge on any atom is 0.191 e. The molecule has 4 nitrogen and oxygen atoms in total. The van der Waals surface area contributed by atoms with E-state index >= 15 is 0 Å². The quantitative estimate of drug-likeness (QED) is 0.626. The zero-order valence-electron chi connectivity index (χ0n) is 15.3. The molecule has 0 radical (unpaired) electrons. The van der Waals surface area contributed by atoms with Gasteiger partial charge in [-0.1, -0.05) is 42.8 Å². The second kappa shape index (κ2) is 8.15. The van der Waals surface area contributed by atoms with Crippen LogP contribution >= 0.6 is 0 Å². The van der Waals surface area contributed by atoms with Gasteiger partial charge >= 0.3 is 0 Å². The zero-order chi connectivity index (χ0) is 17.5. The van der Waals surface area contributed by atoms with Crippen molar-refractivity contribution in [3.63, 3.8) is 0 Å². The molecule has 4 heteroatoms. The molecule has 2 N–H and O–H groups in total. The summed E-state index contributed by atoms with van der Waals surface area (Å²) in [6, 6.07) is 16.9. The Labute approximate surface area is 150 Å². The number of aromatic nitrogens is 1. The van der Waals surface area contributed by atoms with Gasteiger partial charge in [0.05, 0.1) is 12.2 Å². The topological polar surface area (TPSA) is 49.3 Å². The van der Waals surface area contributed by atoms with Gasteiger partial charge in [0.1, 0.15) is 0 Å². The lowest BCUT2D eigenvalue weighted by Gasteiger charge is -2.43. The maximum atomic E-state index is 4.71. The highest BCUT2D eigenvalue weighted by atomic mass is 15.2. The van der Waals surface area contributed by atoms with Gasteiger partial charge in [-0.15, -0.1) is 0 Å². The molecule has 1 fully saturated rings. The van der Waals surface area contributed by atoms with Gasteiger partial charge in [-0.3, -0.25) is 4.98 Å². The van der Waals surface area contributed by atoms with Crippen molar-refractivity contribution in [1.29, 1.82) is 0 Å². The van der Waals surface area contributed by atoms with Gasteiger partial charge in [-0.2, -0.15) is 0 Å². The van der Waals surface area contributed by atoms with Crippen molar-refractivity contribution in [2.45, 2.75) is 45.1 Å². The van der Waals surface area contributed by atoms with E-state index in [0.717, 1.165) is 30.4 Å². The highest BCUT2D eigenvalue weighted by molar-refractivity contribution is 5.79. The van der Waals surface area contributed by atoms with Crippen molar-refractivity contribution in [2.75, 3.05) is 13.1 Å². The van der Waals surface area contributed by atoms with Crippen molar-refractivity contribution in [3.05, 3.63) is 65.5 Å². The van der Waals surface area contributed by atoms with Crippen LogP contribution in [0.3, 0.4) is 0 Å². The molecule has 1 aliphatic carbocycles. The van der Waals surface area contributed by atoms with E-state index in [1.54, 1.807) is 0 Å². The molecule has 0 saturated heterocycles. The van der Waals surface area contributed by atoms with Gasteiger partial charge in [0, 0.05) is 24.2 Å². The van der Waals surface area contributed by atoms with E-state index in [1.165, 1.54) is 24.8 Å². The SMILES string of the molecule is CCNC(=NCc1cccc(C)n1)NCC1(c2ccccc2)CCC1. The largest absolute Gasteiger partial charge is 0.357 e. The van der Waals surface area contributed by atoms with E-state index in [2.05, 4.69) is 52.9 Å². The predicted octanol–water partition coefficient (Wildman–Crippen LogP) is 3.57. The molecule has 0 atom stereocenters. The Morgan fingerprint density at radius 1 is 1.08 bits per heavy atom. The Kier molecular flexibility index (Phi) is 5.69. The van der Waals surface area contributed by atoms with E-state index in [-0.39, 0.29) is 5.41 Å². The van der Waals surface area contributed by atoms with Crippen LogP contribution in [0.25, 0.3) is 0 Å². The first-order valence-corrected chi connectivity index (χ1v) is 9.22. The van der Waals surface area contributed by atoms with Crippen LogP contribution in [0.15, 0.2) is 53.5 Å². The Morgan fingerprint density at radius 3 is 2.52 bits per heavy atom. The van der Waals surface area contributed by atoms with Gasteiger partial charge < -0.3 is 10.6 Å². The lowest BCUT2D eigenvalue weighted by molar-refractivity contribution is 0.244. The average molecular weight is 336 g/mol. The van der Waals surface area contributed by atoms with Gasteiger partial charge in [0.25, 0.3) is 0 Å². The molecule has 0 spiro atoms. The molecule has 132 valence electrons. The number of aliphatic imine (C=N–C) groups is 1. The highest BCUT2D eigenvalue weighted by Crippen LogP contribution is 2.43. The summed E-state index contributed by atoms with van der Waals surface area (Å²) < 4.78 is 0. The molecule has 1 aliphatic rings. The summed E-state index contributed by atoms with van der Waals surface area (Å²) in [6.45, 7) is 6.47. The fraction of sp³-hybridized carbons (Fsp3) is 0.429. The maximum absolute atomic E-state index is 4.71. The molecular formula is C21H28N4. The minimum atomic E-state index is 0.249. The van der Waals surface area contributed by atoms with E-state index in [9.17, 15) is 0 Å². The normalized spacial score (nSPS) is 16.2. The number of benzene rings is 1. The minimum Gasteiger partial charge on any atom is -0.357 e. The second-order valence-electron chi connectivity index (χ2n) is 6.82. The molecule has 1 aromatic heterocycles. The summed E-state index contributed by atoms with van der Waals surface area (Å²) in [5, 5.41) is 6.91. The molecule has 3 rings (SSSR count). The second-order valence-corrected chi connectivity index (χ2v) is 6.82. The number of hydrogen-bond acceptors (Lipinski definition) is 2. The predicted molar refractivity (Wildman–Crippen MR) is 104 cm³/mol. The molecule has 1 aromatic carbocycles. The monoisotopic (exact) mass is 336 g/mol. The first kappa shape index (κ1) is 17.5. The van der Waals surface area contributed by atoms with Crippen molar-refractivity contribution in [1.82, 2.24) is 15.6 Å². The standard InChI is InChI=1S/C21H28N4/c1-3-22-20(23-15-19-12-7-9-17(2)25-19)24-16-21(13-8-14-21)18-10-5-4-6-11-18/h4-7,9-12H,3,8,13-16H2,1-2H3,(H2,22,23,24). The summed E-state index contributed by atoms with van der Waals surface area (Å²) in [5.41, 5.74) is 3.71. The van der Waals surface area contributed by atoms with Crippen LogP contribution < -0.4 is 10.6 Å². The fourth-order valence-electron chi connectivity index (χ4n) is 3.41. The number of guanidine groups is 1. The summed E-state index contributed by atoms with van der Waals surface area (Å²) in [7, 11) is 0. The molecule has 0 amide bonds. The van der Waals surface area contributed by atoms with Crippen LogP contribution in [-0.2, 0) is 12.0 Å². The molecule has 1 saturated carbocycles. The van der Waals surface area contributed by atoms with E-state index in [4.69, 9.17) is 4.99 Å². The third-order valence-electron chi connectivity index (χ3n) is 4.98. The Balaban J connectivity index is 1.66. The summed E-state index contributed by atoms with van der Waals surface area (Å²) in [5.74, 6) is 0.869.